The lowest BCUT2D eigenvalue weighted by Gasteiger charge is -2.21. The zero-order chi connectivity index (χ0) is 20.3. The van der Waals surface area contributed by atoms with Gasteiger partial charge >= 0.3 is 0 Å². The Kier molecular flexibility index (Phi) is 5.50. The van der Waals surface area contributed by atoms with Crippen LogP contribution in [0, 0.1) is 0 Å². The summed E-state index contributed by atoms with van der Waals surface area (Å²) in [5.74, 6) is 0. The molecule has 0 N–H and O–H groups in total. The van der Waals surface area contributed by atoms with E-state index in [9.17, 15) is 0 Å². The molecule has 0 aliphatic rings. The minimum absolute atomic E-state index is 0.0453. The Balaban J connectivity index is 1.55. The number of ether oxygens (including phenoxy) is 1. The molecule has 1 aromatic heterocycles. The Hall–Kier alpha value is -2.91. The summed E-state index contributed by atoms with van der Waals surface area (Å²) in [5, 5.41) is 2.48. The smallest absolute Gasteiger partial charge is 0.101 e. The van der Waals surface area contributed by atoms with Gasteiger partial charge in [0, 0.05) is 12.4 Å². The van der Waals surface area contributed by atoms with E-state index in [4.69, 9.17) is 4.74 Å². The average molecular weight is 385 g/mol. The first-order valence-electron chi connectivity index (χ1n) is 10.1. The maximum atomic E-state index is 6.41. The fourth-order valence-electron chi connectivity index (χ4n) is 3.55. The molecule has 0 aliphatic heterocycles. The second kappa shape index (κ2) is 8.22. The Morgan fingerprint density at radius 2 is 1.69 bits per heavy atom. The van der Waals surface area contributed by atoms with Gasteiger partial charge in [0.1, 0.15) is 6.10 Å². The Bertz CT molecular complexity index is 1060. The number of hydrogen-bond acceptors (Lipinski definition) is 2. The number of rotatable bonds is 6. The van der Waals surface area contributed by atoms with Crippen LogP contribution in [0.1, 0.15) is 43.6 Å². The normalized spacial score (nSPS) is 12.9. The van der Waals surface area contributed by atoms with Crippen molar-refractivity contribution in [3.63, 3.8) is 0 Å². The van der Waals surface area contributed by atoms with Gasteiger partial charge in [-0.2, -0.15) is 0 Å². The van der Waals surface area contributed by atoms with Gasteiger partial charge in [0.15, 0.2) is 0 Å². The van der Waals surface area contributed by atoms with E-state index < -0.39 is 0 Å². The highest BCUT2D eigenvalue weighted by atomic mass is 16.5. The van der Waals surface area contributed by atoms with Crippen LogP contribution < -0.4 is 0 Å². The SMILES string of the molecule is CC(C)(C)c1ccc(COC(Cn2ccnc2)c2ccc3ccccc3c2)cc1. The van der Waals surface area contributed by atoms with Crippen molar-refractivity contribution in [2.24, 2.45) is 0 Å². The maximum absolute atomic E-state index is 6.41. The van der Waals surface area contributed by atoms with Gasteiger partial charge in [-0.15, -0.1) is 0 Å². The molecule has 0 saturated heterocycles. The van der Waals surface area contributed by atoms with Gasteiger partial charge in [-0.05, 0) is 38.9 Å². The number of nitrogens with zero attached hydrogens (tertiary/aromatic N) is 2. The van der Waals surface area contributed by atoms with Crippen LogP contribution in [0.15, 0.2) is 85.5 Å². The molecule has 0 fully saturated rings. The number of hydrogen-bond donors (Lipinski definition) is 0. The first kappa shape index (κ1) is 19.4. The molecule has 1 unspecified atom stereocenters. The van der Waals surface area contributed by atoms with Crippen LogP contribution in [-0.4, -0.2) is 9.55 Å². The molecule has 0 aliphatic carbocycles. The zero-order valence-electron chi connectivity index (χ0n) is 17.4. The molecule has 29 heavy (non-hydrogen) atoms. The fourth-order valence-corrected chi connectivity index (χ4v) is 3.55. The third kappa shape index (κ3) is 4.75. The summed E-state index contributed by atoms with van der Waals surface area (Å²) < 4.78 is 8.49. The summed E-state index contributed by atoms with van der Waals surface area (Å²) in [6.07, 6.45) is 5.59. The van der Waals surface area contributed by atoms with Crippen molar-refractivity contribution >= 4 is 10.8 Å². The molecule has 0 radical (unpaired) electrons. The summed E-state index contributed by atoms with van der Waals surface area (Å²) in [5.41, 5.74) is 3.87. The molecular formula is C26H28N2O. The maximum Gasteiger partial charge on any atom is 0.101 e. The van der Waals surface area contributed by atoms with E-state index in [0.717, 1.165) is 6.54 Å². The summed E-state index contributed by atoms with van der Waals surface area (Å²) >= 11 is 0. The van der Waals surface area contributed by atoms with E-state index in [1.165, 1.54) is 27.5 Å². The highest BCUT2D eigenvalue weighted by Crippen LogP contribution is 2.27. The molecule has 3 heteroatoms. The second-order valence-corrected chi connectivity index (χ2v) is 8.61. The average Bonchev–Trinajstić information content (AvgIpc) is 3.23. The molecule has 0 spiro atoms. The fraction of sp³-hybridized carbons (Fsp3) is 0.269. The van der Waals surface area contributed by atoms with Crippen molar-refractivity contribution in [1.29, 1.82) is 0 Å². The summed E-state index contributed by atoms with van der Waals surface area (Å²) in [7, 11) is 0. The van der Waals surface area contributed by atoms with E-state index in [1.54, 1.807) is 0 Å². The number of imidazole rings is 1. The minimum atomic E-state index is -0.0453. The summed E-state index contributed by atoms with van der Waals surface area (Å²) in [6.45, 7) is 8.02. The topological polar surface area (TPSA) is 27.1 Å². The standard InChI is InChI=1S/C26H28N2O/c1-26(2,3)24-12-8-20(9-13-24)18-29-25(17-28-15-14-27-19-28)23-11-10-21-6-4-5-7-22(21)16-23/h4-16,19,25H,17-18H2,1-3H3. The van der Waals surface area contributed by atoms with Crippen molar-refractivity contribution in [3.05, 3.63) is 102 Å². The predicted molar refractivity (Wildman–Crippen MR) is 119 cm³/mol. The molecular weight excluding hydrogens is 356 g/mol. The van der Waals surface area contributed by atoms with Gasteiger partial charge in [-0.25, -0.2) is 4.98 Å². The van der Waals surface area contributed by atoms with E-state index >= 15 is 0 Å². The summed E-state index contributed by atoms with van der Waals surface area (Å²) in [6, 6.07) is 23.8. The molecule has 1 atom stereocenters. The van der Waals surface area contributed by atoms with E-state index in [0.29, 0.717) is 6.61 Å². The molecule has 0 saturated carbocycles. The van der Waals surface area contributed by atoms with Gasteiger partial charge in [-0.3, -0.25) is 0 Å². The van der Waals surface area contributed by atoms with E-state index in [2.05, 4.69) is 97.1 Å². The third-order valence-electron chi connectivity index (χ3n) is 5.35. The number of benzene rings is 3. The minimum Gasteiger partial charge on any atom is -0.367 e. The highest BCUT2D eigenvalue weighted by Gasteiger charge is 2.16. The van der Waals surface area contributed by atoms with Gasteiger partial charge < -0.3 is 9.30 Å². The van der Waals surface area contributed by atoms with Crippen LogP contribution in [0.25, 0.3) is 10.8 Å². The monoisotopic (exact) mass is 384 g/mol. The van der Waals surface area contributed by atoms with Crippen molar-refractivity contribution in [2.75, 3.05) is 0 Å². The highest BCUT2D eigenvalue weighted by molar-refractivity contribution is 5.83. The van der Waals surface area contributed by atoms with Crippen molar-refractivity contribution in [1.82, 2.24) is 9.55 Å². The molecule has 0 amide bonds. The lowest BCUT2D eigenvalue weighted by Crippen LogP contribution is -2.13. The van der Waals surface area contributed by atoms with Gasteiger partial charge in [0.05, 0.1) is 19.5 Å². The molecule has 4 aromatic rings. The lowest BCUT2D eigenvalue weighted by molar-refractivity contribution is 0.0280. The molecule has 4 rings (SSSR count). The lowest BCUT2D eigenvalue weighted by atomic mass is 9.87. The Morgan fingerprint density at radius 1 is 0.931 bits per heavy atom. The van der Waals surface area contributed by atoms with Gasteiger partial charge in [0.25, 0.3) is 0 Å². The zero-order valence-corrected chi connectivity index (χ0v) is 17.4. The van der Waals surface area contributed by atoms with Crippen LogP contribution in [0.5, 0.6) is 0 Å². The number of fused-ring (bicyclic) bond motifs is 1. The van der Waals surface area contributed by atoms with Crippen molar-refractivity contribution in [3.8, 4) is 0 Å². The van der Waals surface area contributed by atoms with Gasteiger partial charge in [-0.1, -0.05) is 81.4 Å². The van der Waals surface area contributed by atoms with Crippen LogP contribution in [0.4, 0.5) is 0 Å². The Labute approximate surface area is 173 Å². The first-order chi connectivity index (χ1) is 14.0. The van der Waals surface area contributed by atoms with Crippen LogP contribution in [-0.2, 0) is 23.3 Å². The molecule has 3 nitrogen and oxygen atoms in total. The van der Waals surface area contributed by atoms with Crippen LogP contribution in [0.2, 0.25) is 0 Å². The molecule has 0 bridgehead atoms. The van der Waals surface area contributed by atoms with E-state index in [1.807, 2.05) is 18.7 Å². The molecule has 3 aromatic carbocycles. The first-order valence-corrected chi connectivity index (χ1v) is 10.1. The van der Waals surface area contributed by atoms with Crippen LogP contribution in [0.3, 0.4) is 0 Å². The van der Waals surface area contributed by atoms with Crippen molar-refractivity contribution < 1.29 is 4.74 Å². The largest absolute Gasteiger partial charge is 0.367 e. The van der Waals surface area contributed by atoms with Crippen molar-refractivity contribution in [2.45, 2.75) is 45.4 Å². The quantitative estimate of drug-likeness (QED) is 0.390. The van der Waals surface area contributed by atoms with E-state index in [-0.39, 0.29) is 11.5 Å². The predicted octanol–water partition coefficient (Wildman–Crippen LogP) is 6.29. The summed E-state index contributed by atoms with van der Waals surface area (Å²) in [4.78, 5) is 4.18. The molecule has 1 heterocycles. The second-order valence-electron chi connectivity index (χ2n) is 8.61. The molecule has 148 valence electrons. The van der Waals surface area contributed by atoms with Crippen LogP contribution >= 0.6 is 0 Å². The Morgan fingerprint density at radius 3 is 2.38 bits per heavy atom. The number of aromatic nitrogens is 2. The van der Waals surface area contributed by atoms with Gasteiger partial charge in [0.2, 0.25) is 0 Å². The third-order valence-corrected chi connectivity index (χ3v) is 5.35.